The fourth-order valence-electron chi connectivity index (χ4n) is 3.43. The number of halogens is 2. The summed E-state index contributed by atoms with van der Waals surface area (Å²) in [4.78, 5) is 0. The predicted molar refractivity (Wildman–Crippen MR) is 85.5 cm³/mol. The van der Waals surface area contributed by atoms with Crippen molar-refractivity contribution in [3.05, 3.63) is 34.6 Å². The van der Waals surface area contributed by atoms with Gasteiger partial charge in [-0.05, 0) is 25.0 Å². The molecule has 118 valence electrons. The van der Waals surface area contributed by atoms with E-state index in [9.17, 15) is 4.39 Å². The standard InChI is InChI=1S/C17H25ClFNO/c1-21-12-11-20-13-17(9-4-2-3-5-10-17)16-14(18)7-6-8-15(16)19/h6-8,20H,2-5,9-13H2,1H3. The summed E-state index contributed by atoms with van der Waals surface area (Å²) in [6, 6.07) is 5.02. The van der Waals surface area contributed by atoms with E-state index in [1.165, 1.54) is 18.9 Å². The molecule has 0 atom stereocenters. The Morgan fingerprint density at radius 1 is 1.24 bits per heavy atom. The summed E-state index contributed by atoms with van der Waals surface area (Å²) in [6.45, 7) is 2.21. The van der Waals surface area contributed by atoms with E-state index in [4.69, 9.17) is 16.3 Å². The lowest BCUT2D eigenvalue weighted by molar-refractivity contribution is 0.195. The van der Waals surface area contributed by atoms with Gasteiger partial charge in [0.25, 0.3) is 0 Å². The van der Waals surface area contributed by atoms with E-state index >= 15 is 0 Å². The molecule has 1 fully saturated rings. The number of hydrogen-bond donors (Lipinski definition) is 1. The van der Waals surface area contributed by atoms with Crippen molar-refractivity contribution in [2.75, 3.05) is 26.8 Å². The molecule has 2 nitrogen and oxygen atoms in total. The van der Waals surface area contributed by atoms with E-state index < -0.39 is 0 Å². The van der Waals surface area contributed by atoms with Crippen molar-refractivity contribution in [1.29, 1.82) is 0 Å². The van der Waals surface area contributed by atoms with Crippen LogP contribution in [-0.2, 0) is 10.2 Å². The highest BCUT2D eigenvalue weighted by molar-refractivity contribution is 6.31. The van der Waals surface area contributed by atoms with Crippen molar-refractivity contribution >= 4 is 11.6 Å². The number of hydrogen-bond acceptors (Lipinski definition) is 2. The van der Waals surface area contributed by atoms with Crippen LogP contribution in [0.3, 0.4) is 0 Å². The second-order valence-electron chi connectivity index (χ2n) is 5.96. The molecule has 1 aliphatic carbocycles. The Morgan fingerprint density at radius 2 is 1.95 bits per heavy atom. The van der Waals surface area contributed by atoms with Gasteiger partial charge in [0, 0.05) is 36.2 Å². The Labute approximate surface area is 132 Å². The van der Waals surface area contributed by atoms with Crippen LogP contribution in [0.15, 0.2) is 18.2 Å². The van der Waals surface area contributed by atoms with Crippen LogP contribution in [0.5, 0.6) is 0 Å². The van der Waals surface area contributed by atoms with Gasteiger partial charge in [0.05, 0.1) is 6.61 Å². The molecule has 0 aliphatic heterocycles. The first-order valence-electron chi connectivity index (χ1n) is 7.84. The van der Waals surface area contributed by atoms with Crippen molar-refractivity contribution in [3.63, 3.8) is 0 Å². The van der Waals surface area contributed by atoms with Crippen LogP contribution in [0.2, 0.25) is 5.02 Å². The minimum atomic E-state index is -0.188. The number of benzene rings is 1. The van der Waals surface area contributed by atoms with Crippen molar-refractivity contribution in [2.24, 2.45) is 0 Å². The average Bonchev–Trinajstić information content (AvgIpc) is 2.70. The minimum absolute atomic E-state index is 0.169. The summed E-state index contributed by atoms with van der Waals surface area (Å²) in [5.74, 6) is -0.169. The van der Waals surface area contributed by atoms with Gasteiger partial charge in [-0.2, -0.15) is 0 Å². The molecule has 1 aromatic carbocycles. The zero-order valence-electron chi connectivity index (χ0n) is 12.8. The zero-order valence-corrected chi connectivity index (χ0v) is 13.5. The third kappa shape index (κ3) is 4.18. The molecule has 1 aliphatic rings. The number of methoxy groups -OCH3 is 1. The first-order chi connectivity index (χ1) is 10.2. The van der Waals surface area contributed by atoms with Crippen LogP contribution in [0.25, 0.3) is 0 Å². The molecule has 1 N–H and O–H groups in total. The quantitative estimate of drug-likeness (QED) is 0.624. The molecule has 0 aromatic heterocycles. The summed E-state index contributed by atoms with van der Waals surface area (Å²) in [5, 5.41) is 3.99. The molecule has 0 amide bonds. The minimum Gasteiger partial charge on any atom is -0.383 e. The van der Waals surface area contributed by atoms with Crippen LogP contribution in [0.1, 0.15) is 44.1 Å². The Hall–Kier alpha value is -0.640. The van der Waals surface area contributed by atoms with Gasteiger partial charge in [-0.3, -0.25) is 0 Å². The average molecular weight is 314 g/mol. The fraction of sp³-hybridized carbons (Fsp3) is 0.647. The van der Waals surface area contributed by atoms with Gasteiger partial charge in [-0.25, -0.2) is 4.39 Å². The zero-order chi connectivity index (χ0) is 15.1. The van der Waals surface area contributed by atoms with E-state index in [-0.39, 0.29) is 11.2 Å². The highest BCUT2D eigenvalue weighted by Gasteiger charge is 2.36. The molecule has 0 radical (unpaired) electrons. The van der Waals surface area contributed by atoms with E-state index in [0.717, 1.165) is 38.8 Å². The smallest absolute Gasteiger partial charge is 0.128 e. The molecule has 2 rings (SSSR count). The van der Waals surface area contributed by atoms with Crippen molar-refractivity contribution in [3.8, 4) is 0 Å². The van der Waals surface area contributed by atoms with Crippen LogP contribution < -0.4 is 5.32 Å². The van der Waals surface area contributed by atoms with Crippen LogP contribution >= 0.6 is 11.6 Å². The highest BCUT2D eigenvalue weighted by atomic mass is 35.5. The van der Waals surface area contributed by atoms with Gasteiger partial charge in [-0.15, -0.1) is 0 Å². The third-order valence-electron chi connectivity index (χ3n) is 4.50. The van der Waals surface area contributed by atoms with Gasteiger partial charge in [0.1, 0.15) is 5.82 Å². The lowest BCUT2D eigenvalue weighted by atomic mass is 9.74. The molecule has 1 saturated carbocycles. The maximum atomic E-state index is 14.5. The Balaban J connectivity index is 2.26. The molecule has 0 bridgehead atoms. The summed E-state index contributed by atoms with van der Waals surface area (Å²) >= 11 is 6.35. The summed E-state index contributed by atoms with van der Waals surface area (Å²) in [7, 11) is 1.69. The number of nitrogens with one attached hydrogen (secondary N) is 1. The van der Waals surface area contributed by atoms with Crippen LogP contribution in [-0.4, -0.2) is 26.8 Å². The van der Waals surface area contributed by atoms with E-state index in [1.54, 1.807) is 13.2 Å². The fourth-order valence-corrected chi connectivity index (χ4v) is 3.79. The van der Waals surface area contributed by atoms with Gasteiger partial charge >= 0.3 is 0 Å². The number of rotatable bonds is 6. The molecule has 1 aromatic rings. The molecule has 0 heterocycles. The maximum absolute atomic E-state index is 14.5. The Morgan fingerprint density at radius 3 is 2.57 bits per heavy atom. The number of ether oxygens (including phenoxy) is 1. The Bertz CT molecular complexity index is 424. The van der Waals surface area contributed by atoms with E-state index in [2.05, 4.69) is 5.32 Å². The van der Waals surface area contributed by atoms with Gasteiger partial charge in [-0.1, -0.05) is 43.4 Å². The summed E-state index contributed by atoms with van der Waals surface area (Å²) in [6.07, 6.45) is 6.71. The first-order valence-corrected chi connectivity index (χ1v) is 8.21. The van der Waals surface area contributed by atoms with E-state index in [1.807, 2.05) is 6.07 Å². The topological polar surface area (TPSA) is 21.3 Å². The van der Waals surface area contributed by atoms with Crippen molar-refractivity contribution in [2.45, 2.75) is 43.9 Å². The van der Waals surface area contributed by atoms with Crippen LogP contribution in [0.4, 0.5) is 4.39 Å². The second-order valence-corrected chi connectivity index (χ2v) is 6.37. The molecule has 0 spiro atoms. The molecule has 21 heavy (non-hydrogen) atoms. The molecular weight excluding hydrogens is 289 g/mol. The maximum Gasteiger partial charge on any atom is 0.128 e. The van der Waals surface area contributed by atoms with Gasteiger partial charge in [0.15, 0.2) is 0 Å². The normalized spacial score (nSPS) is 18.4. The van der Waals surface area contributed by atoms with Crippen molar-refractivity contribution in [1.82, 2.24) is 5.32 Å². The highest BCUT2D eigenvalue weighted by Crippen LogP contribution is 2.42. The molecule has 4 heteroatoms. The largest absolute Gasteiger partial charge is 0.383 e. The van der Waals surface area contributed by atoms with Crippen molar-refractivity contribution < 1.29 is 9.13 Å². The molecule has 0 saturated heterocycles. The lowest BCUT2D eigenvalue weighted by Crippen LogP contribution is -2.40. The summed E-state index contributed by atoms with van der Waals surface area (Å²) in [5.41, 5.74) is 0.519. The predicted octanol–water partition coefficient (Wildman–Crippen LogP) is 4.31. The third-order valence-corrected chi connectivity index (χ3v) is 4.82. The van der Waals surface area contributed by atoms with Gasteiger partial charge in [0.2, 0.25) is 0 Å². The molecular formula is C17H25ClFNO. The Kier molecular flexibility index (Phi) is 6.46. The monoisotopic (exact) mass is 313 g/mol. The van der Waals surface area contributed by atoms with Crippen LogP contribution in [0, 0.1) is 5.82 Å². The SMILES string of the molecule is COCCNCC1(c2c(F)cccc2Cl)CCCCCC1. The first kappa shape index (κ1) is 16.7. The lowest BCUT2D eigenvalue weighted by Gasteiger charge is -2.35. The summed E-state index contributed by atoms with van der Waals surface area (Å²) < 4.78 is 19.5. The van der Waals surface area contributed by atoms with Gasteiger partial charge < -0.3 is 10.1 Å². The second kappa shape index (κ2) is 8.11. The molecule has 0 unspecified atom stereocenters. The van der Waals surface area contributed by atoms with E-state index in [0.29, 0.717) is 17.2 Å².